The maximum atomic E-state index is 14.5. The molecule has 0 spiro atoms. The van der Waals surface area contributed by atoms with Crippen LogP contribution in [0.1, 0.15) is 31.8 Å². The molecule has 2 heterocycles. The summed E-state index contributed by atoms with van der Waals surface area (Å²) in [4.78, 5) is 58.1. The SMILES string of the molecule is Cc1ccc2c(c1)c(=O)c1cc3c(cc1n2C(=O)c1ccccc1SOO[O-])c(=O)c1cc(C)ccc1n3C(=O)c1ccccc1SOO[O-].[Na+].[Na+]. The van der Waals surface area contributed by atoms with Crippen molar-refractivity contribution in [3.63, 3.8) is 0 Å². The maximum absolute atomic E-state index is 14.5. The Balaban J connectivity index is 0.00000261. The van der Waals surface area contributed by atoms with Gasteiger partial charge >= 0.3 is 59.1 Å². The van der Waals surface area contributed by atoms with E-state index < -0.39 is 22.7 Å². The summed E-state index contributed by atoms with van der Waals surface area (Å²) in [6.07, 6.45) is 0. The van der Waals surface area contributed by atoms with Crippen molar-refractivity contribution < 1.29 is 98.0 Å². The Labute approximate surface area is 346 Å². The van der Waals surface area contributed by atoms with Gasteiger partial charge in [0.1, 0.15) is 0 Å². The smallest absolute Gasteiger partial charge is 0.691 e. The van der Waals surface area contributed by atoms with Crippen LogP contribution in [0.15, 0.2) is 116 Å². The fourth-order valence-corrected chi connectivity index (χ4v) is 7.09. The Kier molecular flexibility index (Phi) is 13.0. The molecule has 0 saturated heterocycles. The van der Waals surface area contributed by atoms with Gasteiger partial charge in [-0.3, -0.25) is 38.4 Å². The fraction of sp³-hybridized carbons (Fsp3) is 0.0556. The quantitative estimate of drug-likeness (QED) is 0.0619. The second-order valence-electron chi connectivity index (χ2n) is 11.3. The molecule has 0 aliphatic rings. The van der Waals surface area contributed by atoms with Crippen LogP contribution in [0.3, 0.4) is 0 Å². The van der Waals surface area contributed by atoms with Crippen molar-refractivity contribution in [3.05, 3.63) is 140 Å². The molecule has 12 nitrogen and oxygen atoms in total. The third kappa shape index (κ3) is 7.21. The van der Waals surface area contributed by atoms with E-state index in [1.807, 2.05) is 13.8 Å². The van der Waals surface area contributed by atoms with Crippen molar-refractivity contribution >= 4 is 79.5 Å². The summed E-state index contributed by atoms with van der Waals surface area (Å²) < 4.78 is 11.7. The Morgan fingerprint density at radius 3 is 1.29 bits per heavy atom. The van der Waals surface area contributed by atoms with Gasteiger partial charge in [0, 0.05) is 21.5 Å². The van der Waals surface area contributed by atoms with Crippen LogP contribution < -0.4 is 80.5 Å². The molecule has 0 amide bonds. The standard InChI is InChI=1S/C36H24N2O10S2.2Na/c1-19-11-13-27-23(15-19)33(39)25-17-30-26(18-29(25)37(27)35(41)21-7-3-5-9-31(21)49-47-45-43)34(40)24-16-20(2)12-14-28(24)38(30)36(42)22-8-4-6-10-32(22)50-48-46-44;;/h3-18,43-44H,1-2H3;;/q;2*+1/p-2. The molecule has 7 aromatic rings. The third-order valence-electron chi connectivity index (χ3n) is 8.30. The van der Waals surface area contributed by atoms with Crippen LogP contribution in [0.2, 0.25) is 0 Å². The molecule has 0 aliphatic carbocycles. The van der Waals surface area contributed by atoms with Crippen molar-refractivity contribution in [2.45, 2.75) is 23.6 Å². The molecule has 0 fully saturated rings. The Morgan fingerprint density at radius 2 is 0.904 bits per heavy atom. The summed E-state index contributed by atoms with van der Waals surface area (Å²) in [5.74, 6) is -1.17. The topological polar surface area (TPSA) is 161 Å². The Hall–Kier alpha value is -3.16. The normalized spacial score (nSPS) is 11.2. The molecule has 5 aromatic carbocycles. The van der Waals surface area contributed by atoms with E-state index in [4.69, 9.17) is 0 Å². The number of nitrogens with zero attached hydrogens (tertiary/aromatic N) is 2. The van der Waals surface area contributed by atoms with Gasteiger partial charge in [0.25, 0.3) is 11.8 Å². The molecular weight excluding hydrogens is 731 g/mol. The number of benzene rings is 5. The van der Waals surface area contributed by atoms with Gasteiger partial charge in [-0.1, -0.05) is 47.5 Å². The van der Waals surface area contributed by atoms with E-state index in [-0.39, 0.29) is 124 Å². The van der Waals surface area contributed by atoms with Gasteiger partial charge in [-0.15, -0.1) is 0 Å². The minimum atomic E-state index is -0.583. The summed E-state index contributed by atoms with van der Waals surface area (Å²) in [7, 11) is 0. The number of carbonyl (C=O) groups is 2. The number of carbonyl (C=O) groups excluding carboxylic acids is 2. The monoisotopic (exact) mass is 752 g/mol. The second kappa shape index (κ2) is 16.9. The molecule has 0 aliphatic heterocycles. The zero-order valence-corrected chi connectivity index (χ0v) is 33.7. The van der Waals surface area contributed by atoms with Crippen molar-refractivity contribution in [3.8, 4) is 0 Å². The molecule has 0 N–H and O–H groups in total. The number of rotatable bonds is 8. The number of fused-ring (bicyclic) bond motifs is 4. The maximum Gasteiger partial charge on any atom is 1.00 e. The molecule has 7 rings (SSSR count). The van der Waals surface area contributed by atoms with Crippen LogP contribution in [0.4, 0.5) is 0 Å². The van der Waals surface area contributed by atoms with Crippen molar-refractivity contribution in [1.82, 2.24) is 9.13 Å². The molecule has 52 heavy (non-hydrogen) atoms. The fourth-order valence-electron chi connectivity index (χ4n) is 6.13. The van der Waals surface area contributed by atoms with Crippen molar-refractivity contribution in [2.24, 2.45) is 0 Å². The van der Waals surface area contributed by atoms with Crippen LogP contribution >= 0.6 is 24.1 Å². The first-order valence-corrected chi connectivity index (χ1v) is 16.3. The van der Waals surface area contributed by atoms with E-state index in [1.165, 1.54) is 33.4 Å². The van der Waals surface area contributed by atoms with E-state index in [1.54, 1.807) is 72.8 Å². The van der Waals surface area contributed by atoms with Gasteiger partial charge in [0.15, 0.2) is 10.9 Å². The van der Waals surface area contributed by atoms with Gasteiger partial charge in [-0.25, -0.2) is 0 Å². The van der Waals surface area contributed by atoms with Crippen LogP contribution in [-0.2, 0) is 18.7 Å². The summed E-state index contributed by atoms with van der Waals surface area (Å²) in [5.41, 5.74) is 1.70. The predicted octanol–water partition coefficient (Wildman–Crippen LogP) is -0.914. The number of aryl methyl sites for hydroxylation is 2. The largest absolute Gasteiger partial charge is 1.00 e. The molecule has 0 atom stereocenters. The second-order valence-corrected chi connectivity index (χ2v) is 12.8. The summed E-state index contributed by atoms with van der Waals surface area (Å²) in [5, 5.41) is 28.8. The van der Waals surface area contributed by atoms with Crippen LogP contribution in [0.5, 0.6) is 0 Å². The van der Waals surface area contributed by atoms with Gasteiger partial charge in [-0.2, -0.15) is 8.67 Å². The Morgan fingerprint density at radius 1 is 0.538 bits per heavy atom. The van der Waals surface area contributed by atoms with E-state index in [0.717, 1.165) is 11.1 Å². The molecule has 250 valence electrons. The average molecular weight is 753 g/mol. The molecule has 16 heteroatoms. The zero-order valence-electron chi connectivity index (χ0n) is 28.0. The molecule has 0 bridgehead atoms. The molecular formula is C36H22N2Na2O10S2. The van der Waals surface area contributed by atoms with Gasteiger partial charge in [0.05, 0.1) is 67.1 Å². The predicted molar refractivity (Wildman–Crippen MR) is 183 cm³/mol. The van der Waals surface area contributed by atoms with Gasteiger partial charge in [-0.05, 0) is 74.5 Å². The number of aromatic nitrogens is 2. The molecule has 2 aromatic heterocycles. The van der Waals surface area contributed by atoms with Gasteiger partial charge < -0.3 is 10.5 Å². The molecule has 0 saturated carbocycles. The van der Waals surface area contributed by atoms with E-state index >= 15 is 0 Å². The first-order chi connectivity index (χ1) is 24.2. The van der Waals surface area contributed by atoms with Crippen molar-refractivity contribution in [1.29, 1.82) is 0 Å². The van der Waals surface area contributed by atoms with Crippen LogP contribution in [0, 0.1) is 13.8 Å². The summed E-state index contributed by atoms with van der Waals surface area (Å²) in [6.45, 7) is 3.62. The minimum absolute atomic E-state index is 0. The van der Waals surface area contributed by atoms with Gasteiger partial charge in [0.2, 0.25) is 0 Å². The molecule has 0 radical (unpaired) electrons. The Bertz CT molecular complexity index is 2480. The van der Waals surface area contributed by atoms with E-state index in [2.05, 4.69) is 18.7 Å². The van der Waals surface area contributed by atoms with E-state index in [0.29, 0.717) is 24.1 Å². The number of hydrogen-bond donors (Lipinski definition) is 0. The summed E-state index contributed by atoms with van der Waals surface area (Å²) in [6, 6.07) is 25.8. The number of hydrogen-bond acceptors (Lipinski definition) is 12. The molecule has 0 unspecified atom stereocenters. The number of pyridine rings is 2. The third-order valence-corrected chi connectivity index (χ3v) is 9.62. The van der Waals surface area contributed by atoms with Crippen LogP contribution in [-0.4, -0.2) is 20.9 Å². The van der Waals surface area contributed by atoms with Crippen molar-refractivity contribution in [2.75, 3.05) is 0 Å². The first-order valence-electron chi connectivity index (χ1n) is 14.9. The summed E-state index contributed by atoms with van der Waals surface area (Å²) >= 11 is 1.09. The van der Waals surface area contributed by atoms with Crippen LogP contribution in [0.25, 0.3) is 43.6 Å². The van der Waals surface area contributed by atoms with E-state index in [9.17, 15) is 29.7 Å². The first kappa shape index (κ1) is 40.0. The minimum Gasteiger partial charge on any atom is -0.691 e. The average Bonchev–Trinajstić information content (AvgIpc) is 3.13. The zero-order chi connectivity index (χ0) is 35.1.